The third kappa shape index (κ3) is 5.14. The second kappa shape index (κ2) is 10.3. The Morgan fingerprint density at radius 3 is 2.59 bits per heavy atom. The van der Waals surface area contributed by atoms with Crippen LogP contribution in [0.4, 0.5) is 0 Å². The van der Waals surface area contributed by atoms with E-state index >= 15 is 0 Å². The Balaban J connectivity index is 0.00000261. The lowest BCUT2D eigenvalue weighted by Crippen LogP contribution is -2.44. The molecule has 6 heteroatoms. The number of pyridine rings is 1. The third-order valence-electron chi connectivity index (χ3n) is 6.06. The molecule has 1 saturated heterocycles. The third-order valence-corrected chi connectivity index (χ3v) is 6.06. The lowest BCUT2D eigenvalue weighted by atomic mass is 9.93. The largest absolute Gasteiger partial charge is 0.336 e. The molecule has 0 bridgehead atoms. The summed E-state index contributed by atoms with van der Waals surface area (Å²) >= 11 is 0. The van der Waals surface area contributed by atoms with Crippen LogP contribution >= 0.6 is 12.4 Å². The summed E-state index contributed by atoms with van der Waals surface area (Å²) in [6.07, 6.45) is 9.90. The van der Waals surface area contributed by atoms with Crippen LogP contribution in [0.2, 0.25) is 0 Å². The summed E-state index contributed by atoms with van der Waals surface area (Å²) in [5, 5.41) is 3.40. The highest BCUT2D eigenvalue weighted by Crippen LogP contribution is 2.24. The van der Waals surface area contributed by atoms with Crippen LogP contribution in [0, 0.1) is 12.8 Å². The Kier molecular flexibility index (Phi) is 8.36. The standard InChI is InChI=1S/C21H33N3O2.ClH/c1-3-24(18-9-5-4-6-10-18)21(26)19-16(2)11-13-23(20(19)25)15-17-8-7-12-22-14-17;/h11,13,17-18,22H,3-10,12,14-15H2,1-2H3;1H. The average molecular weight is 396 g/mol. The summed E-state index contributed by atoms with van der Waals surface area (Å²) in [6, 6.07) is 2.22. The number of hydrogen-bond donors (Lipinski definition) is 1. The Hall–Kier alpha value is -1.33. The quantitative estimate of drug-likeness (QED) is 0.831. The predicted octanol–water partition coefficient (Wildman–Crippen LogP) is 3.37. The Labute approximate surface area is 168 Å². The van der Waals surface area contributed by atoms with E-state index in [0.29, 0.717) is 24.6 Å². The van der Waals surface area contributed by atoms with Crippen LogP contribution in [0.1, 0.15) is 67.8 Å². The maximum Gasteiger partial charge on any atom is 0.263 e. The molecule has 2 heterocycles. The zero-order valence-electron chi connectivity index (χ0n) is 16.7. The van der Waals surface area contributed by atoms with Crippen LogP contribution in [0.25, 0.3) is 0 Å². The smallest absolute Gasteiger partial charge is 0.263 e. The number of halogens is 1. The van der Waals surface area contributed by atoms with Crippen LogP contribution in [-0.4, -0.2) is 41.1 Å². The minimum Gasteiger partial charge on any atom is -0.336 e. The zero-order chi connectivity index (χ0) is 18.5. The van der Waals surface area contributed by atoms with Crippen molar-refractivity contribution in [1.82, 2.24) is 14.8 Å². The maximum absolute atomic E-state index is 13.3. The minimum absolute atomic E-state index is 0. The first-order chi connectivity index (χ1) is 12.6. The Bertz CT molecular complexity index is 676. The SMILES string of the molecule is CCN(C(=O)c1c(C)ccn(CC2CCCNC2)c1=O)C1CCCCC1.Cl. The molecular formula is C21H34ClN3O2. The van der Waals surface area contributed by atoms with Gasteiger partial charge in [0.15, 0.2) is 0 Å². The van der Waals surface area contributed by atoms with Crippen LogP contribution in [0.3, 0.4) is 0 Å². The average Bonchev–Trinajstić information content (AvgIpc) is 2.66. The number of aromatic nitrogens is 1. The van der Waals surface area contributed by atoms with E-state index in [9.17, 15) is 9.59 Å². The van der Waals surface area contributed by atoms with Gasteiger partial charge in [-0.3, -0.25) is 9.59 Å². The molecule has 1 amide bonds. The molecule has 1 N–H and O–H groups in total. The van der Waals surface area contributed by atoms with Crippen molar-refractivity contribution in [3.05, 3.63) is 33.7 Å². The topological polar surface area (TPSA) is 54.3 Å². The highest BCUT2D eigenvalue weighted by atomic mass is 35.5. The molecule has 3 rings (SSSR count). The van der Waals surface area contributed by atoms with Gasteiger partial charge in [-0.25, -0.2) is 0 Å². The lowest BCUT2D eigenvalue weighted by molar-refractivity contribution is 0.0644. The van der Waals surface area contributed by atoms with Crippen molar-refractivity contribution in [3.8, 4) is 0 Å². The molecule has 2 aliphatic rings. The predicted molar refractivity (Wildman–Crippen MR) is 112 cm³/mol. The number of piperidine rings is 1. The summed E-state index contributed by atoms with van der Waals surface area (Å²) in [7, 11) is 0. The number of aryl methyl sites for hydroxylation is 1. The van der Waals surface area contributed by atoms with Gasteiger partial charge < -0.3 is 14.8 Å². The van der Waals surface area contributed by atoms with Crippen LogP contribution in [0.5, 0.6) is 0 Å². The van der Waals surface area contributed by atoms with Crippen molar-refractivity contribution in [2.45, 2.75) is 71.4 Å². The molecule has 0 aromatic carbocycles. The second-order valence-electron chi connectivity index (χ2n) is 7.93. The van der Waals surface area contributed by atoms with E-state index in [0.717, 1.165) is 44.3 Å². The lowest BCUT2D eigenvalue weighted by Gasteiger charge is -2.34. The van der Waals surface area contributed by atoms with Gasteiger partial charge in [-0.05, 0) is 70.2 Å². The van der Waals surface area contributed by atoms with Gasteiger partial charge in [-0.15, -0.1) is 12.4 Å². The number of hydrogen-bond acceptors (Lipinski definition) is 3. The fraction of sp³-hybridized carbons (Fsp3) is 0.714. The summed E-state index contributed by atoms with van der Waals surface area (Å²) in [5.41, 5.74) is 1.06. The van der Waals surface area contributed by atoms with Gasteiger partial charge in [0.2, 0.25) is 0 Å². The minimum atomic E-state index is -0.116. The van der Waals surface area contributed by atoms with Gasteiger partial charge in [0, 0.05) is 25.3 Å². The molecule has 1 unspecified atom stereocenters. The first-order valence-electron chi connectivity index (χ1n) is 10.3. The van der Waals surface area contributed by atoms with Gasteiger partial charge in [0.1, 0.15) is 5.56 Å². The van der Waals surface area contributed by atoms with Crippen molar-refractivity contribution < 1.29 is 4.79 Å². The van der Waals surface area contributed by atoms with Crippen molar-refractivity contribution in [2.75, 3.05) is 19.6 Å². The van der Waals surface area contributed by atoms with E-state index in [-0.39, 0.29) is 29.9 Å². The summed E-state index contributed by atoms with van der Waals surface area (Å²) in [6.45, 7) is 7.29. The highest BCUT2D eigenvalue weighted by Gasteiger charge is 2.28. The molecule has 0 radical (unpaired) electrons. The summed E-state index contributed by atoms with van der Waals surface area (Å²) in [5.74, 6) is 0.394. The van der Waals surface area contributed by atoms with E-state index in [2.05, 4.69) is 5.32 Å². The molecule has 1 aromatic heterocycles. The molecule has 5 nitrogen and oxygen atoms in total. The molecule has 1 saturated carbocycles. The Morgan fingerprint density at radius 1 is 1.22 bits per heavy atom. The van der Waals surface area contributed by atoms with Crippen LogP contribution < -0.4 is 10.9 Å². The van der Waals surface area contributed by atoms with Gasteiger partial charge >= 0.3 is 0 Å². The molecule has 1 aliphatic carbocycles. The van der Waals surface area contributed by atoms with E-state index < -0.39 is 0 Å². The van der Waals surface area contributed by atoms with Gasteiger partial charge in [0.25, 0.3) is 11.5 Å². The van der Waals surface area contributed by atoms with Gasteiger partial charge in [-0.2, -0.15) is 0 Å². The molecule has 27 heavy (non-hydrogen) atoms. The number of carbonyl (C=O) groups is 1. The van der Waals surface area contributed by atoms with Gasteiger partial charge in [0.05, 0.1) is 0 Å². The van der Waals surface area contributed by atoms with Gasteiger partial charge in [-0.1, -0.05) is 19.3 Å². The van der Waals surface area contributed by atoms with Crippen molar-refractivity contribution in [1.29, 1.82) is 0 Å². The van der Waals surface area contributed by atoms with Crippen LogP contribution in [0.15, 0.2) is 17.1 Å². The maximum atomic E-state index is 13.3. The second-order valence-corrected chi connectivity index (χ2v) is 7.93. The number of rotatable bonds is 5. The molecule has 1 atom stereocenters. The normalized spacial score (nSPS) is 20.7. The fourth-order valence-electron chi connectivity index (χ4n) is 4.53. The van der Waals surface area contributed by atoms with Crippen LogP contribution in [-0.2, 0) is 6.54 Å². The summed E-state index contributed by atoms with van der Waals surface area (Å²) in [4.78, 5) is 28.3. The Morgan fingerprint density at radius 2 is 1.96 bits per heavy atom. The molecule has 152 valence electrons. The summed E-state index contributed by atoms with van der Waals surface area (Å²) < 4.78 is 1.76. The number of nitrogens with zero attached hydrogens (tertiary/aromatic N) is 2. The van der Waals surface area contributed by atoms with E-state index in [1.165, 1.54) is 19.3 Å². The zero-order valence-corrected chi connectivity index (χ0v) is 17.5. The van der Waals surface area contributed by atoms with E-state index in [1.54, 1.807) is 4.57 Å². The number of nitrogens with one attached hydrogen (secondary N) is 1. The fourth-order valence-corrected chi connectivity index (χ4v) is 4.53. The first kappa shape index (κ1) is 22.0. The molecule has 0 spiro atoms. The first-order valence-corrected chi connectivity index (χ1v) is 10.3. The molecular weight excluding hydrogens is 362 g/mol. The van der Waals surface area contributed by atoms with E-state index in [1.807, 2.05) is 31.0 Å². The molecule has 1 aliphatic heterocycles. The monoisotopic (exact) mass is 395 g/mol. The molecule has 1 aromatic rings. The number of carbonyl (C=O) groups excluding carboxylic acids is 1. The van der Waals surface area contributed by atoms with Crippen molar-refractivity contribution in [2.24, 2.45) is 5.92 Å². The van der Waals surface area contributed by atoms with Crippen molar-refractivity contribution >= 4 is 18.3 Å². The molecule has 2 fully saturated rings. The number of amides is 1. The van der Waals surface area contributed by atoms with Crippen molar-refractivity contribution in [3.63, 3.8) is 0 Å². The van der Waals surface area contributed by atoms with E-state index in [4.69, 9.17) is 0 Å². The highest BCUT2D eigenvalue weighted by molar-refractivity contribution is 5.95.